The standard InChI is InChI=1S/C24H35N7O.C2H6/c1-5-30(10-8-17(2)14-31-11-9-25-15-24(31,3)4)22-13-21(26-16-27-22)23-19-12-18(32)6-7-20(19)28-29-23;1-2/h6-7,12-13,16-17,25,32H,5,8-11,14-15H2,1-4H3,(H,28,29);1-2H3. The van der Waals surface area contributed by atoms with E-state index in [-0.39, 0.29) is 11.3 Å². The van der Waals surface area contributed by atoms with Crippen molar-refractivity contribution in [2.75, 3.05) is 44.2 Å². The molecule has 34 heavy (non-hydrogen) atoms. The average Bonchev–Trinajstić information content (AvgIpc) is 3.25. The van der Waals surface area contributed by atoms with E-state index in [2.05, 4.69) is 63.0 Å². The molecule has 0 spiro atoms. The van der Waals surface area contributed by atoms with Crippen molar-refractivity contribution in [2.45, 2.75) is 53.5 Å². The molecular weight excluding hydrogens is 426 g/mol. The Morgan fingerprint density at radius 2 is 2.00 bits per heavy atom. The topological polar surface area (TPSA) is 93.2 Å². The highest BCUT2D eigenvalue weighted by Crippen LogP contribution is 2.29. The van der Waals surface area contributed by atoms with Gasteiger partial charge in [-0.1, -0.05) is 20.8 Å². The molecule has 0 radical (unpaired) electrons. The lowest BCUT2D eigenvalue weighted by atomic mass is 9.97. The van der Waals surface area contributed by atoms with E-state index in [0.29, 0.717) is 5.92 Å². The highest BCUT2D eigenvalue weighted by Gasteiger charge is 2.30. The van der Waals surface area contributed by atoms with E-state index in [4.69, 9.17) is 0 Å². The van der Waals surface area contributed by atoms with Gasteiger partial charge in [-0.05, 0) is 51.3 Å². The Kier molecular flexibility index (Phi) is 8.85. The number of hydrogen-bond acceptors (Lipinski definition) is 7. The Morgan fingerprint density at radius 3 is 2.74 bits per heavy atom. The van der Waals surface area contributed by atoms with E-state index in [1.165, 1.54) is 0 Å². The van der Waals surface area contributed by atoms with E-state index in [1.54, 1.807) is 18.5 Å². The Morgan fingerprint density at radius 1 is 1.21 bits per heavy atom. The van der Waals surface area contributed by atoms with Crippen LogP contribution in [-0.4, -0.2) is 75.0 Å². The third kappa shape index (κ3) is 6.04. The lowest BCUT2D eigenvalue weighted by molar-refractivity contribution is 0.0743. The van der Waals surface area contributed by atoms with E-state index < -0.39 is 0 Å². The van der Waals surface area contributed by atoms with Crippen molar-refractivity contribution in [2.24, 2.45) is 5.92 Å². The summed E-state index contributed by atoms with van der Waals surface area (Å²) in [5, 5.41) is 21.7. The monoisotopic (exact) mass is 467 g/mol. The summed E-state index contributed by atoms with van der Waals surface area (Å²) in [5.41, 5.74) is 2.56. The summed E-state index contributed by atoms with van der Waals surface area (Å²) in [6.07, 6.45) is 2.70. The van der Waals surface area contributed by atoms with Gasteiger partial charge >= 0.3 is 0 Å². The summed E-state index contributed by atoms with van der Waals surface area (Å²) in [6.45, 7) is 19.3. The molecule has 1 aromatic carbocycles. The van der Waals surface area contributed by atoms with Crippen LogP contribution < -0.4 is 10.2 Å². The van der Waals surface area contributed by atoms with Crippen LogP contribution >= 0.6 is 0 Å². The number of H-pyrrole nitrogens is 1. The smallest absolute Gasteiger partial charge is 0.132 e. The number of aromatic amines is 1. The molecule has 1 atom stereocenters. The minimum Gasteiger partial charge on any atom is -0.508 e. The Hall–Kier alpha value is -2.71. The van der Waals surface area contributed by atoms with Crippen LogP contribution in [0.2, 0.25) is 0 Å². The SMILES string of the molecule is CC.CCN(CCC(C)CN1CCNCC1(C)C)c1cc(-c2n[nH]c3ccc(O)cc23)ncn1. The molecule has 1 aliphatic rings. The van der Waals surface area contributed by atoms with Gasteiger partial charge in [-0.15, -0.1) is 0 Å². The van der Waals surface area contributed by atoms with E-state index >= 15 is 0 Å². The van der Waals surface area contributed by atoms with Crippen molar-refractivity contribution in [3.63, 3.8) is 0 Å². The van der Waals surface area contributed by atoms with Gasteiger partial charge in [-0.25, -0.2) is 9.97 Å². The van der Waals surface area contributed by atoms with Gasteiger partial charge in [0.2, 0.25) is 0 Å². The molecule has 1 unspecified atom stereocenters. The molecule has 0 aliphatic carbocycles. The lowest BCUT2D eigenvalue weighted by Crippen LogP contribution is -2.58. The number of aromatic nitrogens is 4. The third-order valence-electron chi connectivity index (χ3n) is 6.54. The summed E-state index contributed by atoms with van der Waals surface area (Å²) in [5.74, 6) is 1.72. The van der Waals surface area contributed by atoms with Crippen LogP contribution in [0.4, 0.5) is 5.82 Å². The number of benzene rings is 1. The first kappa shape index (κ1) is 25.9. The summed E-state index contributed by atoms with van der Waals surface area (Å²) in [7, 11) is 0. The van der Waals surface area contributed by atoms with Crippen LogP contribution in [0.5, 0.6) is 5.75 Å². The molecule has 0 amide bonds. The van der Waals surface area contributed by atoms with Gasteiger partial charge in [0.05, 0.1) is 11.2 Å². The molecular formula is C26H41N7O. The number of rotatable bonds is 8. The zero-order valence-corrected chi connectivity index (χ0v) is 21.6. The van der Waals surface area contributed by atoms with Gasteiger partial charge in [0.1, 0.15) is 23.6 Å². The fourth-order valence-electron chi connectivity index (χ4n) is 4.49. The maximum atomic E-state index is 9.88. The van der Waals surface area contributed by atoms with Crippen LogP contribution in [0.25, 0.3) is 22.3 Å². The number of nitrogens with one attached hydrogen (secondary N) is 2. The molecule has 1 aliphatic heterocycles. The molecule has 2 aromatic heterocycles. The molecule has 8 nitrogen and oxygen atoms in total. The Balaban J connectivity index is 0.00000158. The number of hydrogen-bond donors (Lipinski definition) is 3. The van der Waals surface area contributed by atoms with Crippen molar-refractivity contribution < 1.29 is 5.11 Å². The molecule has 3 aromatic rings. The van der Waals surface area contributed by atoms with Crippen LogP contribution in [0.1, 0.15) is 48.0 Å². The second-order valence-electron chi connectivity index (χ2n) is 9.47. The number of phenols is 1. The van der Waals surface area contributed by atoms with E-state index in [0.717, 1.165) is 73.8 Å². The molecule has 186 valence electrons. The molecule has 1 saturated heterocycles. The molecule has 3 N–H and O–H groups in total. The normalized spacial score (nSPS) is 16.6. The largest absolute Gasteiger partial charge is 0.508 e. The highest BCUT2D eigenvalue weighted by atomic mass is 16.3. The fraction of sp³-hybridized carbons (Fsp3) is 0.577. The second-order valence-corrected chi connectivity index (χ2v) is 9.47. The van der Waals surface area contributed by atoms with Crippen LogP contribution in [0, 0.1) is 5.92 Å². The predicted molar refractivity (Wildman–Crippen MR) is 140 cm³/mol. The quantitative estimate of drug-likeness (QED) is 0.455. The maximum absolute atomic E-state index is 9.88. The van der Waals surface area contributed by atoms with Crippen molar-refractivity contribution in [3.8, 4) is 17.1 Å². The number of aromatic hydroxyl groups is 1. The molecule has 4 rings (SSSR count). The average molecular weight is 468 g/mol. The van der Waals surface area contributed by atoms with E-state index in [9.17, 15) is 5.11 Å². The summed E-state index contributed by atoms with van der Waals surface area (Å²) in [6, 6.07) is 7.18. The Bertz CT molecular complexity index is 1050. The van der Waals surface area contributed by atoms with Gasteiger partial charge < -0.3 is 15.3 Å². The first-order valence-corrected chi connectivity index (χ1v) is 12.6. The van der Waals surface area contributed by atoms with Gasteiger partial charge in [-0.3, -0.25) is 10.00 Å². The van der Waals surface area contributed by atoms with Gasteiger partial charge in [0.25, 0.3) is 0 Å². The molecule has 0 saturated carbocycles. The minimum absolute atomic E-state index is 0.208. The molecule has 8 heteroatoms. The van der Waals surface area contributed by atoms with Gasteiger partial charge in [-0.2, -0.15) is 5.10 Å². The summed E-state index contributed by atoms with van der Waals surface area (Å²) in [4.78, 5) is 13.9. The zero-order valence-electron chi connectivity index (χ0n) is 21.6. The van der Waals surface area contributed by atoms with Crippen molar-refractivity contribution in [1.29, 1.82) is 0 Å². The van der Waals surface area contributed by atoms with Crippen molar-refractivity contribution >= 4 is 16.7 Å². The zero-order chi connectivity index (χ0) is 24.7. The second kappa shape index (κ2) is 11.6. The first-order chi connectivity index (χ1) is 16.4. The van der Waals surface area contributed by atoms with Crippen LogP contribution in [-0.2, 0) is 0 Å². The highest BCUT2D eigenvalue weighted by molar-refractivity contribution is 5.93. The van der Waals surface area contributed by atoms with Crippen molar-refractivity contribution in [1.82, 2.24) is 30.4 Å². The lowest BCUT2D eigenvalue weighted by Gasteiger charge is -2.44. The van der Waals surface area contributed by atoms with Crippen LogP contribution in [0.15, 0.2) is 30.6 Å². The molecule has 1 fully saturated rings. The molecule has 3 heterocycles. The van der Waals surface area contributed by atoms with Gasteiger partial charge in [0.15, 0.2) is 0 Å². The number of phenolic OH excluding ortho intramolecular Hbond substituents is 1. The van der Waals surface area contributed by atoms with Crippen molar-refractivity contribution in [3.05, 3.63) is 30.6 Å². The summed E-state index contributed by atoms with van der Waals surface area (Å²) < 4.78 is 0. The fourth-order valence-corrected chi connectivity index (χ4v) is 4.49. The molecule has 0 bridgehead atoms. The Labute approximate surface area is 203 Å². The van der Waals surface area contributed by atoms with Gasteiger partial charge in [0, 0.05) is 56.3 Å². The maximum Gasteiger partial charge on any atom is 0.132 e. The number of piperazine rings is 1. The predicted octanol–water partition coefficient (Wildman–Crippen LogP) is 4.29. The van der Waals surface area contributed by atoms with Crippen LogP contribution in [0.3, 0.4) is 0 Å². The summed E-state index contributed by atoms with van der Waals surface area (Å²) >= 11 is 0. The number of fused-ring (bicyclic) bond motifs is 1. The number of nitrogens with zero attached hydrogens (tertiary/aromatic N) is 5. The minimum atomic E-state index is 0.208. The van der Waals surface area contributed by atoms with E-state index in [1.807, 2.05) is 26.0 Å². The first-order valence-electron chi connectivity index (χ1n) is 12.6. The third-order valence-corrected chi connectivity index (χ3v) is 6.54. The number of anilines is 1.